The van der Waals surface area contributed by atoms with Crippen molar-refractivity contribution in [2.75, 3.05) is 20.3 Å². The molecule has 2 N–H and O–H groups in total. The Balaban J connectivity index is 1.72. The minimum Gasteiger partial charge on any atom is -0.376 e. The Morgan fingerprint density at radius 2 is 1.97 bits per heavy atom. The van der Waals surface area contributed by atoms with Gasteiger partial charge in [0, 0.05) is 19.2 Å². The predicted molar refractivity (Wildman–Crippen MR) is 97.8 cm³/mol. The number of aromatic nitrogens is 3. The predicted octanol–water partition coefficient (Wildman–Crippen LogP) is 1.80. The van der Waals surface area contributed by atoms with E-state index in [2.05, 4.69) is 10.3 Å². The summed E-state index contributed by atoms with van der Waals surface area (Å²) in [7, 11) is 1.52. The molecule has 2 saturated heterocycles. The van der Waals surface area contributed by atoms with E-state index >= 15 is 0 Å². The molecule has 164 valence electrons. The van der Waals surface area contributed by atoms with Crippen LogP contribution >= 0.6 is 0 Å². The Bertz CT molecular complexity index is 902. The lowest BCUT2D eigenvalue weighted by Crippen LogP contribution is -2.63. The summed E-state index contributed by atoms with van der Waals surface area (Å²) >= 11 is 0. The highest BCUT2D eigenvalue weighted by molar-refractivity contribution is 5.57. The minimum atomic E-state index is -1.54. The third-order valence-corrected chi connectivity index (χ3v) is 5.37. The van der Waals surface area contributed by atoms with Gasteiger partial charge in [-0.3, -0.25) is 0 Å². The summed E-state index contributed by atoms with van der Waals surface area (Å²) in [6.45, 7) is 4.05. The third-order valence-electron chi connectivity index (χ3n) is 5.37. The number of rotatable bonds is 4. The quantitative estimate of drug-likeness (QED) is 0.743. The lowest BCUT2D eigenvalue weighted by molar-refractivity contribution is -0.348. The molecule has 5 atom stereocenters. The maximum Gasteiger partial charge on any atom is 0.194 e. The van der Waals surface area contributed by atoms with Gasteiger partial charge in [-0.1, -0.05) is 5.21 Å². The van der Waals surface area contributed by atoms with E-state index in [1.165, 1.54) is 18.0 Å². The summed E-state index contributed by atoms with van der Waals surface area (Å²) in [5.74, 6) is -5.01. The van der Waals surface area contributed by atoms with Crippen LogP contribution in [-0.2, 0) is 18.9 Å². The summed E-state index contributed by atoms with van der Waals surface area (Å²) in [4.78, 5) is 0. The van der Waals surface area contributed by atoms with E-state index in [1.54, 1.807) is 13.8 Å². The summed E-state index contributed by atoms with van der Waals surface area (Å²) in [6, 6.07) is 1.23. The second-order valence-corrected chi connectivity index (χ2v) is 7.77. The molecule has 30 heavy (non-hydrogen) atoms. The van der Waals surface area contributed by atoms with E-state index < -0.39 is 53.7 Å². The van der Waals surface area contributed by atoms with Gasteiger partial charge in [-0.25, -0.2) is 17.9 Å². The van der Waals surface area contributed by atoms with Gasteiger partial charge in [0.25, 0.3) is 0 Å². The van der Waals surface area contributed by atoms with Gasteiger partial charge in [-0.2, -0.15) is 0 Å². The van der Waals surface area contributed by atoms with Crippen LogP contribution in [0.1, 0.15) is 19.9 Å². The van der Waals surface area contributed by atoms with Crippen molar-refractivity contribution in [2.24, 2.45) is 5.73 Å². The highest BCUT2D eigenvalue weighted by Gasteiger charge is 2.52. The summed E-state index contributed by atoms with van der Waals surface area (Å²) in [5.41, 5.74) is 6.10. The van der Waals surface area contributed by atoms with Crippen LogP contribution in [0.3, 0.4) is 0 Å². The number of hydrogen-bond donors (Lipinski definition) is 1. The molecule has 2 aromatic rings. The molecule has 0 saturated carbocycles. The first kappa shape index (κ1) is 21.2. The maximum atomic E-state index is 13.7. The number of nitrogens with zero attached hydrogens (tertiary/aromatic N) is 3. The van der Waals surface area contributed by atoms with Crippen LogP contribution in [0.2, 0.25) is 0 Å². The Morgan fingerprint density at radius 1 is 1.27 bits per heavy atom. The van der Waals surface area contributed by atoms with Crippen molar-refractivity contribution in [2.45, 2.75) is 50.1 Å². The zero-order valence-electron chi connectivity index (χ0n) is 16.7. The largest absolute Gasteiger partial charge is 0.376 e. The lowest BCUT2D eigenvalue weighted by Gasteiger charge is -2.50. The minimum absolute atomic E-state index is 0.0545. The average Bonchev–Trinajstić information content (AvgIpc) is 3.19. The molecule has 0 amide bonds. The lowest BCUT2D eigenvalue weighted by atomic mass is 9.91. The van der Waals surface area contributed by atoms with Crippen molar-refractivity contribution < 1.29 is 32.1 Å². The van der Waals surface area contributed by atoms with Crippen LogP contribution in [0.4, 0.5) is 13.2 Å². The molecule has 0 spiro atoms. The topological polar surface area (TPSA) is 93.7 Å². The molecule has 8 nitrogen and oxygen atoms in total. The third kappa shape index (κ3) is 3.71. The average molecular weight is 428 g/mol. The second-order valence-electron chi connectivity index (χ2n) is 7.77. The van der Waals surface area contributed by atoms with Crippen molar-refractivity contribution in [1.82, 2.24) is 15.0 Å². The van der Waals surface area contributed by atoms with Crippen LogP contribution in [0, 0.1) is 17.5 Å². The number of halogens is 3. The van der Waals surface area contributed by atoms with Gasteiger partial charge in [0.15, 0.2) is 23.2 Å². The number of methoxy groups -OCH3 is 1. The SMILES string of the molecule is CO[C@@H]1C(n2cc(-c3cc(F)c(F)c(F)c3)nn2)[C@H]2OC(C)(C)OC[C@H]2O[C@@H]1CN. The van der Waals surface area contributed by atoms with Crippen molar-refractivity contribution in [1.29, 1.82) is 0 Å². The van der Waals surface area contributed by atoms with Gasteiger partial charge in [0.05, 0.1) is 18.9 Å². The van der Waals surface area contributed by atoms with Crippen molar-refractivity contribution >= 4 is 0 Å². The van der Waals surface area contributed by atoms with Crippen molar-refractivity contribution in [3.05, 3.63) is 35.8 Å². The molecule has 3 heterocycles. The molecule has 4 rings (SSSR count). The number of nitrogens with two attached hydrogens (primary N) is 1. The molecule has 2 aliphatic rings. The summed E-state index contributed by atoms with van der Waals surface area (Å²) in [6.07, 6.45) is -0.400. The molecule has 1 aromatic heterocycles. The molecule has 0 bridgehead atoms. The van der Waals surface area contributed by atoms with E-state index in [0.29, 0.717) is 0 Å². The standard InChI is InChI=1S/C19H23F3N4O4/c1-19(2)28-8-14-18(30-19)16(17(27-3)13(6-23)29-14)26-7-12(24-25-26)9-4-10(20)15(22)11(21)5-9/h4-5,7,13-14,16-18H,6,8,23H2,1-3H3/t13-,14-,16?,17+,18+/m1/s1. The van der Waals surface area contributed by atoms with Gasteiger partial charge >= 0.3 is 0 Å². The van der Waals surface area contributed by atoms with Gasteiger partial charge in [-0.05, 0) is 26.0 Å². The Hall–Kier alpha value is -2.05. The molecule has 0 radical (unpaired) electrons. The van der Waals surface area contributed by atoms with Crippen molar-refractivity contribution in [3.8, 4) is 11.3 Å². The van der Waals surface area contributed by atoms with Crippen LogP contribution in [0.15, 0.2) is 18.3 Å². The molecule has 11 heteroatoms. The zero-order valence-corrected chi connectivity index (χ0v) is 16.7. The van der Waals surface area contributed by atoms with Crippen LogP contribution in [-0.4, -0.2) is 65.5 Å². The smallest absolute Gasteiger partial charge is 0.194 e. The monoisotopic (exact) mass is 428 g/mol. The first-order chi connectivity index (χ1) is 14.2. The fourth-order valence-electron chi connectivity index (χ4n) is 3.97. The fraction of sp³-hybridized carbons (Fsp3) is 0.579. The first-order valence-corrected chi connectivity index (χ1v) is 9.51. The van der Waals surface area contributed by atoms with Gasteiger partial charge in [0.2, 0.25) is 0 Å². The highest BCUT2D eigenvalue weighted by Crippen LogP contribution is 2.39. The molecule has 0 aliphatic carbocycles. The fourth-order valence-corrected chi connectivity index (χ4v) is 3.97. The van der Waals surface area contributed by atoms with E-state index in [0.717, 1.165) is 12.1 Å². The van der Waals surface area contributed by atoms with E-state index in [-0.39, 0.29) is 24.4 Å². The Morgan fingerprint density at radius 3 is 2.60 bits per heavy atom. The molecule has 2 aliphatic heterocycles. The zero-order chi connectivity index (χ0) is 21.6. The molecular formula is C19H23F3N4O4. The van der Waals surface area contributed by atoms with Gasteiger partial charge < -0.3 is 24.7 Å². The van der Waals surface area contributed by atoms with Gasteiger partial charge in [-0.15, -0.1) is 5.10 Å². The number of fused-ring (bicyclic) bond motifs is 1. The second kappa shape index (κ2) is 7.89. The summed E-state index contributed by atoms with van der Waals surface area (Å²) in [5, 5.41) is 8.14. The van der Waals surface area contributed by atoms with Crippen LogP contribution in [0.25, 0.3) is 11.3 Å². The van der Waals surface area contributed by atoms with E-state index in [4.69, 9.17) is 24.7 Å². The number of hydrogen-bond acceptors (Lipinski definition) is 7. The highest BCUT2D eigenvalue weighted by atomic mass is 19.2. The Kier molecular flexibility index (Phi) is 5.58. The van der Waals surface area contributed by atoms with Crippen molar-refractivity contribution in [3.63, 3.8) is 0 Å². The van der Waals surface area contributed by atoms with Gasteiger partial charge in [0.1, 0.15) is 30.0 Å². The van der Waals surface area contributed by atoms with E-state index in [9.17, 15) is 13.2 Å². The number of ether oxygens (including phenoxy) is 4. The Labute approximate surface area is 171 Å². The number of benzene rings is 1. The molecular weight excluding hydrogens is 405 g/mol. The molecule has 2 fully saturated rings. The molecule has 1 aromatic carbocycles. The summed E-state index contributed by atoms with van der Waals surface area (Å²) < 4.78 is 65.6. The van der Waals surface area contributed by atoms with Crippen LogP contribution < -0.4 is 5.73 Å². The normalized spacial score (nSPS) is 30.8. The van der Waals surface area contributed by atoms with E-state index in [1.807, 2.05) is 0 Å². The van der Waals surface area contributed by atoms with Crippen LogP contribution in [0.5, 0.6) is 0 Å². The first-order valence-electron chi connectivity index (χ1n) is 9.51. The maximum absolute atomic E-state index is 13.7. The molecule has 1 unspecified atom stereocenters.